The lowest BCUT2D eigenvalue weighted by Gasteiger charge is -2.23. The fraction of sp³-hybridized carbons (Fsp3) is 0.259. The van der Waals surface area contributed by atoms with E-state index in [9.17, 15) is 0 Å². The van der Waals surface area contributed by atoms with Crippen molar-refractivity contribution in [2.75, 3.05) is 0 Å². The first kappa shape index (κ1) is 16.9. The summed E-state index contributed by atoms with van der Waals surface area (Å²) < 4.78 is 4.83. The maximum Gasteiger partial charge on any atom is 0.0329 e. The molecule has 0 fully saturated rings. The van der Waals surface area contributed by atoms with Gasteiger partial charge in [0.15, 0.2) is 0 Å². The van der Waals surface area contributed by atoms with E-state index in [0.717, 1.165) is 6.42 Å². The average Bonchev–Trinajstić information content (AvgIpc) is 3.39. The summed E-state index contributed by atoms with van der Waals surface area (Å²) in [6.07, 6.45) is 1.11. The van der Waals surface area contributed by atoms with E-state index in [4.69, 9.17) is 0 Å². The summed E-state index contributed by atoms with van der Waals surface area (Å²) in [6.45, 7) is 4.45. The Bertz CT molecular complexity index is 1180. The lowest BCUT2D eigenvalue weighted by atomic mass is 9.85. The molecule has 6 rings (SSSR count). The molecule has 0 spiro atoms. The van der Waals surface area contributed by atoms with Crippen LogP contribution in [0.2, 0.25) is 0 Å². The van der Waals surface area contributed by atoms with Crippen molar-refractivity contribution in [2.24, 2.45) is 14.1 Å². The zero-order chi connectivity index (χ0) is 19.9. The monoisotopic (exact) mass is 378 g/mol. The van der Waals surface area contributed by atoms with Gasteiger partial charge in [0.05, 0.1) is 0 Å². The third kappa shape index (κ3) is 2.12. The van der Waals surface area contributed by atoms with Crippen molar-refractivity contribution in [2.45, 2.75) is 32.1 Å². The highest BCUT2D eigenvalue weighted by atomic mass is 15.0. The smallest absolute Gasteiger partial charge is 0.0329 e. The van der Waals surface area contributed by atoms with Crippen molar-refractivity contribution < 1.29 is 0 Å². The van der Waals surface area contributed by atoms with Gasteiger partial charge in [0, 0.05) is 59.8 Å². The highest BCUT2D eigenvalue weighted by molar-refractivity contribution is 5.81. The molecule has 0 bridgehead atoms. The van der Waals surface area contributed by atoms with Crippen molar-refractivity contribution in [3.8, 4) is 22.3 Å². The molecule has 0 amide bonds. The van der Waals surface area contributed by atoms with Crippen LogP contribution in [-0.2, 0) is 14.1 Å². The molecule has 0 N–H and O–H groups in total. The van der Waals surface area contributed by atoms with Crippen LogP contribution in [0.4, 0.5) is 0 Å². The molecule has 2 heteroatoms. The molecule has 2 aromatic carbocycles. The minimum absolute atomic E-state index is 0.430. The van der Waals surface area contributed by atoms with E-state index in [2.05, 4.69) is 97.7 Å². The van der Waals surface area contributed by atoms with Crippen LogP contribution in [0.1, 0.15) is 52.2 Å². The van der Waals surface area contributed by atoms with Crippen molar-refractivity contribution >= 4 is 0 Å². The van der Waals surface area contributed by atoms with E-state index in [0.29, 0.717) is 11.8 Å². The molecule has 2 aliphatic carbocycles. The van der Waals surface area contributed by atoms with Crippen LogP contribution in [0.3, 0.4) is 0 Å². The fourth-order valence-corrected chi connectivity index (χ4v) is 5.87. The number of rotatable bonds is 2. The Kier molecular flexibility index (Phi) is 3.36. The van der Waals surface area contributed by atoms with Gasteiger partial charge in [-0.15, -0.1) is 0 Å². The SMILES string of the molecule is Cc1cc2c(n1C)C(CC1c3ccccc3-c3cc(C)n(C)c31)c1ccccc1-2. The second kappa shape index (κ2) is 5.76. The Morgan fingerprint density at radius 3 is 1.48 bits per heavy atom. The Labute approximate surface area is 172 Å². The molecule has 2 atom stereocenters. The molecule has 4 aromatic rings. The molecule has 0 saturated heterocycles. The van der Waals surface area contributed by atoms with Crippen LogP contribution in [-0.4, -0.2) is 9.13 Å². The van der Waals surface area contributed by atoms with Gasteiger partial charge >= 0.3 is 0 Å². The van der Waals surface area contributed by atoms with Gasteiger partial charge in [-0.3, -0.25) is 0 Å². The largest absolute Gasteiger partial charge is 0.351 e. The summed E-state index contributed by atoms with van der Waals surface area (Å²) in [5, 5.41) is 0. The number of aryl methyl sites for hydroxylation is 2. The van der Waals surface area contributed by atoms with Gasteiger partial charge in [0.1, 0.15) is 0 Å². The quantitative estimate of drug-likeness (QED) is 0.388. The molecule has 144 valence electrons. The number of fused-ring (bicyclic) bond motifs is 6. The lowest BCUT2D eigenvalue weighted by Crippen LogP contribution is -2.12. The first-order valence-electron chi connectivity index (χ1n) is 10.6. The first-order valence-corrected chi connectivity index (χ1v) is 10.6. The molecule has 2 aliphatic rings. The van der Waals surface area contributed by atoms with Crippen molar-refractivity contribution in [3.63, 3.8) is 0 Å². The predicted molar refractivity (Wildman–Crippen MR) is 119 cm³/mol. The van der Waals surface area contributed by atoms with Crippen LogP contribution in [0.5, 0.6) is 0 Å². The van der Waals surface area contributed by atoms with E-state index in [1.165, 1.54) is 56.2 Å². The van der Waals surface area contributed by atoms with E-state index in [1.54, 1.807) is 0 Å². The summed E-state index contributed by atoms with van der Waals surface area (Å²) in [7, 11) is 4.46. The highest BCUT2D eigenvalue weighted by Gasteiger charge is 2.38. The average molecular weight is 379 g/mol. The van der Waals surface area contributed by atoms with Crippen LogP contribution < -0.4 is 0 Å². The van der Waals surface area contributed by atoms with E-state index in [-0.39, 0.29) is 0 Å². The number of benzene rings is 2. The third-order valence-electron chi connectivity index (χ3n) is 7.42. The molecule has 2 unspecified atom stereocenters. The minimum Gasteiger partial charge on any atom is -0.351 e. The maximum absolute atomic E-state index is 2.41. The summed E-state index contributed by atoms with van der Waals surface area (Å²) in [5.41, 5.74) is 14.3. The number of hydrogen-bond donors (Lipinski definition) is 0. The van der Waals surface area contributed by atoms with Gasteiger partial charge in [0.25, 0.3) is 0 Å². The molecular weight excluding hydrogens is 352 g/mol. The van der Waals surface area contributed by atoms with Crippen molar-refractivity contribution in [3.05, 3.63) is 94.6 Å². The molecule has 0 radical (unpaired) electrons. The van der Waals surface area contributed by atoms with E-state index in [1.807, 2.05) is 0 Å². The minimum atomic E-state index is 0.430. The Balaban J connectivity index is 1.54. The Morgan fingerprint density at radius 2 is 1.03 bits per heavy atom. The van der Waals surface area contributed by atoms with Crippen LogP contribution >= 0.6 is 0 Å². The van der Waals surface area contributed by atoms with Crippen molar-refractivity contribution in [1.29, 1.82) is 0 Å². The molecule has 2 heterocycles. The van der Waals surface area contributed by atoms with Gasteiger partial charge < -0.3 is 9.13 Å². The van der Waals surface area contributed by atoms with E-state index >= 15 is 0 Å². The Hall–Kier alpha value is -3.00. The Morgan fingerprint density at radius 1 is 0.621 bits per heavy atom. The molecular formula is C27H26N2. The van der Waals surface area contributed by atoms with Crippen LogP contribution in [0.15, 0.2) is 60.7 Å². The zero-order valence-corrected chi connectivity index (χ0v) is 17.5. The summed E-state index contributed by atoms with van der Waals surface area (Å²) in [6, 6.07) is 22.8. The van der Waals surface area contributed by atoms with Gasteiger partial charge in [-0.2, -0.15) is 0 Å². The van der Waals surface area contributed by atoms with Gasteiger partial charge in [-0.05, 0) is 54.7 Å². The zero-order valence-electron chi connectivity index (χ0n) is 17.5. The molecule has 29 heavy (non-hydrogen) atoms. The molecule has 0 aliphatic heterocycles. The number of aromatic nitrogens is 2. The topological polar surface area (TPSA) is 9.86 Å². The van der Waals surface area contributed by atoms with Gasteiger partial charge in [-0.1, -0.05) is 48.5 Å². The summed E-state index contributed by atoms with van der Waals surface area (Å²) in [4.78, 5) is 0. The number of hydrogen-bond acceptors (Lipinski definition) is 0. The fourth-order valence-electron chi connectivity index (χ4n) is 5.87. The lowest BCUT2D eigenvalue weighted by molar-refractivity contribution is 0.599. The number of nitrogens with zero attached hydrogens (tertiary/aromatic N) is 2. The molecule has 0 saturated carbocycles. The van der Waals surface area contributed by atoms with Crippen LogP contribution in [0.25, 0.3) is 22.3 Å². The van der Waals surface area contributed by atoms with Gasteiger partial charge in [-0.25, -0.2) is 0 Å². The molecule has 2 aromatic heterocycles. The van der Waals surface area contributed by atoms with E-state index < -0.39 is 0 Å². The van der Waals surface area contributed by atoms with Crippen molar-refractivity contribution in [1.82, 2.24) is 9.13 Å². The second-order valence-electron chi connectivity index (χ2n) is 8.80. The molecule has 2 nitrogen and oxygen atoms in total. The van der Waals surface area contributed by atoms with Gasteiger partial charge in [0.2, 0.25) is 0 Å². The highest BCUT2D eigenvalue weighted by Crippen LogP contribution is 2.54. The predicted octanol–water partition coefficient (Wildman–Crippen LogP) is 6.30. The summed E-state index contributed by atoms with van der Waals surface area (Å²) in [5.74, 6) is 0.859. The van der Waals surface area contributed by atoms with Crippen LogP contribution in [0, 0.1) is 13.8 Å². The normalized spacial score (nSPS) is 18.5. The summed E-state index contributed by atoms with van der Waals surface area (Å²) >= 11 is 0. The third-order valence-corrected chi connectivity index (χ3v) is 7.42. The second-order valence-corrected chi connectivity index (χ2v) is 8.80. The maximum atomic E-state index is 2.41. The first-order chi connectivity index (χ1) is 14.1. The standard InChI is InChI=1S/C27H26N2/c1-16-13-22-18-9-5-7-11-20(18)24(26(22)28(16)3)15-25-21-12-8-6-10-19(21)23-14-17(2)29(4)27(23)25/h5-14,24-25H,15H2,1-4H3.